The Hall–Kier alpha value is -1.06. The standard InChI is InChI=1S/8C5H12.2C4H8O2/c8*1-3-5-4-2;2*1-3-6-4(2)5/h8*3-5H2,1-2H3;2*3H2,1-2H3. The highest BCUT2D eigenvalue weighted by atomic mass is 16.5. The Kier molecular flexibility index (Phi) is 161. The van der Waals surface area contributed by atoms with Gasteiger partial charge >= 0.3 is 11.9 Å². The van der Waals surface area contributed by atoms with E-state index in [2.05, 4.69) is 120 Å². The van der Waals surface area contributed by atoms with Gasteiger partial charge in [0, 0.05) is 13.8 Å². The van der Waals surface area contributed by atoms with Crippen LogP contribution in [0, 0.1) is 0 Å². The summed E-state index contributed by atoms with van der Waals surface area (Å²) >= 11 is 0. The number of ether oxygens (including phenoxy) is 2. The molecule has 0 aliphatic heterocycles. The van der Waals surface area contributed by atoms with Crippen LogP contribution < -0.4 is 0 Å². The van der Waals surface area contributed by atoms with Crippen LogP contribution in [-0.4, -0.2) is 25.2 Å². The van der Waals surface area contributed by atoms with Gasteiger partial charge in [0.2, 0.25) is 0 Å². The zero-order valence-electron chi connectivity index (χ0n) is 41.0. The van der Waals surface area contributed by atoms with Crippen molar-refractivity contribution >= 4 is 11.9 Å². The summed E-state index contributed by atoms with van der Waals surface area (Å²) in [6.07, 6.45) is 32.6. The lowest BCUT2D eigenvalue weighted by atomic mass is 10.3. The summed E-state index contributed by atoms with van der Waals surface area (Å²) in [6.45, 7) is 42.7. The first-order valence-electron chi connectivity index (χ1n) is 23.1. The second kappa shape index (κ2) is 110. The van der Waals surface area contributed by atoms with Gasteiger partial charge in [-0.05, 0) is 13.8 Å². The number of carbonyl (C=O) groups excluding carboxylic acids is 2. The molecule has 0 spiro atoms. The van der Waals surface area contributed by atoms with Gasteiger partial charge in [0.15, 0.2) is 0 Å². The van der Waals surface area contributed by atoms with Gasteiger partial charge in [-0.15, -0.1) is 0 Å². The zero-order valence-corrected chi connectivity index (χ0v) is 41.0. The molecule has 4 nitrogen and oxygen atoms in total. The summed E-state index contributed by atoms with van der Waals surface area (Å²) in [5.41, 5.74) is 0. The van der Waals surface area contributed by atoms with Crippen LogP contribution in [-0.2, 0) is 19.1 Å². The monoisotopic (exact) mass is 753 g/mol. The molecule has 0 saturated carbocycles. The number of unbranched alkanes of at least 4 members (excludes halogenated alkanes) is 16. The predicted octanol–water partition coefficient (Wildman–Crippen LogP) is 18.7. The normalized spacial score (nSPS) is 8.23. The van der Waals surface area contributed by atoms with Crippen molar-refractivity contribution in [2.45, 2.75) is 293 Å². The molecule has 0 unspecified atom stereocenters. The smallest absolute Gasteiger partial charge is 0.302 e. The first-order chi connectivity index (χ1) is 24.9. The summed E-state index contributed by atoms with van der Waals surface area (Å²) in [5, 5.41) is 0. The molecule has 0 aliphatic rings. The lowest BCUT2D eigenvalue weighted by Crippen LogP contribution is -1.95. The molecule has 0 fully saturated rings. The molecular weight excluding hydrogens is 641 g/mol. The maximum Gasteiger partial charge on any atom is 0.302 e. The van der Waals surface area contributed by atoms with Gasteiger partial charge in [-0.25, -0.2) is 0 Å². The largest absolute Gasteiger partial charge is 0.466 e. The molecule has 0 aromatic rings. The van der Waals surface area contributed by atoms with Crippen molar-refractivity contribution in [3.8, 4) is 0 Å². The predicted molar refractivity (Wildman–Crippen MR) is 246 cm³/mol. The Morgan fingerprint density at radius 3 is 0.346 bits per heavy atom. The van der Waals surface area contributed by atoms with Crippen LogP contribution in [0.3, 0.4) is 0 Å². The maximum absolute atomic E-state index is 9.82. The van der Waals surface area contributed by atoms with Crippen molar-refractivity contribution in [3.63, 3.8) is 0 Å². The molecular formula is C48H112O4. The van der Waals surface area contributed by atoms with Crippen LogP contribution >= 0.6 is 0 Å². The van der Waals surface area contributed by atoms with E-state index < -0.39 is 0 Å². The number of rotatable bonds is 18. The van der Waals surface area contributed by atoms with E-state index in [1.54, 1.807) is 13.8 Å². The zero-order chi connectivity index (χ0) is 43.0. The van der Waals surface area contributed by atoms with E-state index >= 15 is 0 Å². The van der Waals surface area contributed by atoms with E-state index in [0.717, 1.165) is 0 Å². The number of esters is 2. The SMILES string of the molecule is CCCCC.CCCCC.CCCCC.CCCCC.CCCCC.CCCCC.CCCCC.CCCCC.CCOC(C)=O.CCOC(C)=O. The van der Waals surface area contributed by atoms with E-state index in [0.29, 0.717) is 13.2 Å². The Labute approximate surface area is 335 Å². The molecule has 0 heterocycles. The van der Waals surface area contributed by atoms with Crippen molar-refractivity contribution in [1.82, 2.24) is 0 Å². The van der Waals surface area contributed by atoms with Crippen LogP contribution in [0.1, 0.15) is 293 Å². The van der Waals surface area contributed by atoms with Gasteiger partial charge in [0.1, 0.15) is 0 Å². The molecule has 0 atom stereocenters. The molecule has 0 radical (unpaired) electrons. The van der Waals surface area contributed by atoms with E-state index in [1.165, 1.54) is 168 Å². The first-order valence-corrected chi connectivity index (χ1v) is 23.1. The highest BCUT2D eigenvalue weighted by Gasteiger charge is 1.82. The third kappa shape index (κ3) is 257. The minimum Gasteiger partial charge on any atom is -0.466 e. The summed E-state index contributed by atoms with van der Waals surface area (Å²) in [6, 6.07) is 0. The number of carbonyl (C=O) groups is 2. The Bertz CT molecular complexity index is 334. The van der Waals surface area contributed by atoms with E-state index in [-0.39, 0.29) is 11.9 Å². The van der Waals surface area contributed by atoms with Crippen LogP contribution in [0.5, 0.6) is 0 Å². The van der Waals surface area contributed by atoms with Crippen LogP contribution in [0.4, 0.5) is 0 Å². The average Bonchev–Trinajstić information content (AvgIpc) is 3.10. The van der Waals surface area contributed by atoms with Crippen LogP contribution in [0.25, 0.3) is 0 Å². The molecule has 0 saturated heterocycles. The third-order valence-corrected chi connectivity index (χ3v) is 6.35. The summed E-state index contributed by atoms with van der Waals surface area (Å²) in [5.74, 6) is -0.421. The van der Waals surface area contributed by atoms with Crippen molar-refractivity contribution in [2.75, 3.05) is 13.2 Å². The topological polar surface area (TPSA) is 52.6 Å². The van der Waals surface area contributed by atoms with Gasteiger partial charge in [0.25, 0.3) is 0 Å². The highest BCUT2D eigenvalue weighted by Crippen LogP contribution is 1.91. The van der Waals surface area contributed by atoms with Gasteiger partial charge in [-0.3, -0.25) is 9.59 Å². The molecule has 0 aliphatic carbocycles. The quantitative estimate of drug-likeness (QED) is 0.131. The van der Waals surface area contributed by atoms with E-state index in [4.69, 9.17) is 0 Å². The summed E-state index contributed by atoms with van der Waals surface area (Å²) < 4.78 is 8.81. The van der Waals surface area contributed by atoms with Gasteiger partial charge in [-0.1, -0.05) is 265 Å². The fraction of sp³-hybridized carbons (Fsp3) is 0.958. The molecule has 0 aromatic heterocycles. The molecule has 0 rings (SSSR count). The molecule has 0 aromatic carbocycles. The van der Waals surface area contributed by atoms with Crippen LogP contribution in [0.15, 0.2) is 0 Å². The van der Waals surface area contributed by atoms with Gasteiger partial charge in [-0.2, -0.15) is 0 Å². The highest BCUT2D eigenvalue weighted by molar-refractivity contribution is 5.66. The van der Waals surface area contributed by atoms with Gasteiger partial charge in [0.05, 0.1) is 13.2 Å². The Morgan fingerprint density at radius 2 is 0.346 bits per heavy atom. The van der Waals surface area contributed by atoms with Crippen LogP contribution in [0.2, 0.25) is 0 Å². The second-order valence-electron chi connectivity index (χ2n) is 12.7. The minimum atomic E-state index is -0.211. The number of hydrogen-bond donors (Lipinski definition) is 0. The van der Waals surface area contributed by atoms with Crippen molar-refractivity contribution in [1.29, 1.82) is 0 Å². The summed E-state index contributed by atoms with van der Waals surface area (Å²) in [4.78, 5) is 19.6. The fourth-order valence-corrected chi connectivity index (χ4v) is 3.23. The lowest BCUT2D eigenvalue weighted by Gasteiger charge is -1.89. The van der Waals surface area contributed by atoms with Crippen molar-refractivity contribution in [2.24, 2.45) is 0 Å². The number of hydrogen-bond acceptors (Lipinski definition) is 4. The van der Waals surface area contributed by atoms with Gasteiger partial charge < -0.3 is 9.47 Å². The summed E-state index contributed by atoms with van der Waals surface area (Å²) in [7, 11) is 0. The second-order valence-corrected chi connectivity index (χ2v) is 12.7. The van der Waals surface area contributed by atoms with Crippen molar-refractivity contribution in [3.05, 3.63) is 0 Å². The minimum absolute atomic E-state index is 0.211. The Morgan fingerprint density at radius 1 is 0.250 bits per heavy atom. The van der Waals surface area contributed by atoms with E-state index in [1.807, 2.05) is 0 Å². The van der Waals surface area contributed by atoms with Crippen molar-refractivity contribution < 1.29 is 19.1 Å². The van der Waals surface area contributed by atoms with E-state index in [9.17, 15) is 9.59 Å². The maximum atomic E-state index is 9.82. The first kappa shape index (κ1) is 75.8. The molecule has 0 amide bonds. The average molecular weight is 753 g/mol. The Balaban J connectivity index is -0.0000000472. The molecule has 52 heavy (non-hydrogen) atoms. The molecule has 328 valence electrons. The molecule has 0 N–H and O–H groups in total. The third-order valence-electron chi connectivity index (χ3n) is 6.35. The molecule has 4 heteroatoms. The lowest BCUT2D eigenvalue weighted by molar-refractivity contribution is -0.141. The fourth-order valence-electron chi connectivity index (χ4n) is 3.23. The molecule has 0 bridgehead atoms.